The van der Waals surface area contributed by atoms with E-state index >= 15 is 0 Å². The Balaban J connectivity index is 2.23. The lowest BCUT2D eigenvalue weighted by Gasteiger charge is -2.21. The van der Waals surface area contributed by atoms with Crippen LogP contribution in [0.25, 0.3) is 0 Å². The number of aliphatic hydroxyl groups excluding tert-OH is 1. The lowest BCUT2D eigenvalue weighted by molar-refractivity contribution is -0.132. The normalized spacial score (nSPS) is 15.7. The van der Waals surface area contributed by atoms with Crippen LogP contribution < -0.4 is 0 Å². The molecule has 1 fully saturated rings. The fourth-order valence-electron chi connectivity index (χ4n) is 1.72. The summed E-state index contributed by atoms with van der Waals surface area (Å²) in [7, 11) is 0. The number of rotatable bonds is 7. The first kappa shape index (κ1) is 12.5. The Bertz CT molecular complexity index is 202. The van der Waals surface area contributed by atoms with E-state index in [4.69, 9.17) is 10.2 Å². The summed E-state index contributed by atoms with van der Waals surface area (Å²) in [4.78, 5) is 13.7. The predicted molar refractivity (Wildman–Crippen MR) is 57.1 cm³/mol. The lowest BCUT2D eigenvalue weighted by Crippen LogP contribution is -2.33. The average molecular weight is 215 g/mol. The van der Waals surface area contributed by atoms with Crippen LogP contribution in [-0.4, -0.2) is 39.9 Å². The molecule has 0 atom stereocenters. The molecule has 15 heavy (non-hydrogen) atoms. The molecule has 1 rings (SSSR count). The van der Waals surface area contributed by atoms with Crippen molar-refractivity contribution in [2.75, 3.05) is 6.54 Å². The van der Waals surface area contributed by atoms with Gasteiger partial charge in [0.2, 0.25) is 5.91 Å². The molecule has 2 N–H and O–H groups in total. The van der Waals surface area contributed by atoms with E-state index in [1.54, 1.807) is 0 Å². The molecule has 88 valence electrons. The molecule has 0 aromatic heterocycles. The summed E-state index contributed by atoms with van der Waals surface area (Å²) in [5.41, 5.74) is 0. The molecule has 0 saturated heterocycles. The van der Waals surface area contributed by atoms with Crippen LogP contribution in [0.1, 0.15) is 45.4 Å². The van der Waals surface area contributed by atoms with Gasteiger partial charge in [-0.05, 0) is 32.1 Å². The van der Waals surface area contributed by atoms with Gasteiger partial charge in [-0.2, -0.15) is 0 Å². The molecule has 4 nitrogen and oxygen atoms in total. The van der Waals surface area contributed by atoms with Crippen LogP contribution in [0.2, 0.25) is 0 Å². The molecule has 1 aliphatic rings. The predicted octanol–water partition coefficient (Wildman–Crippen LogP) is 0.868. The molecule has 0 radical (unpaired) electrons. The van der Waals surface area contributed by atoms with Crippen molar-refractivity contribution in [2.45, 2.75) is 57.8 Å². The summed E-state index contributed by atoms with van der Waals surface area (Å²) in [6, 6.07) is 0.469. The van der Waals surface area contributed by atoms with Gasteiger partial charge in [0, 0.05) is 19.0 Å². The van der Waals surface area contributed by atoms with Crippen LogP contribution in [0.5, 0.6) is 0 Å². The molecule has 0 aromatic rings. The summed E-state index contributed by atoms with van der Waals surface area (Å²) in [5, 5.41) is 17.3. The SMILES string of the molecule is CCCN(C(=O)CCCC(O)O)C1CC1. The Morgan fingerprint density at radius 3 is 2.60 bits per heavy atom. The highest BCUT2D eigenvalue weighted by Crippen LogP contribution is 2.27. The number of aliphatic hydroxyl groups is 2. The monoisotopic (exact) mass is 215 g/mol. The van der Waals surface area contributed by atoms with Gasteiger partial charge in [-0.3, -0.25) is 4.79 Å². The van der Waals surface area contributed by atoms with Crippen LogP contribution in [0.4, 0.5) is 0 Å². The molecule has 0 spiro atoms. The number of carbonyl (C=O) groups is 1. The molecule has 4 heteroatoms. The minimum absolute atomic E-state index is 0.167. The smallest absolute Gasteiger partial charge is 0.222 e. The first-order valence-corrected chi connectivity index (χ1v) is 5.80. The maximum Gasteiger partial charge on any atom is 0.222 e. The van der Waals surface area contributed by atoms with Crippen molar-refractivity contribution in [1.29, 1.82) is 0 Å². The molecular formula is C11H21NO3. The van der Waals surface area contributed by atoms with Crippen LogP contribution in [0.3, 0.4) is 0 Å². The molecule has 1 saturated carbocycles. The standard InChI is InChI=1S/C11H21NO3/c1-2-8-12(9-6-7-9)10(13)4-3-5-11(14)15/h9,11,14-15H,2-8H2,1H3. The first-order chi connectivity index (χ1) is 7.15. The van der Waals surface area contributed by atoms with Crippen LogP contribution in [-0.2, 0) is 4.79 Å². The van der Waals surface area contributed by atoms with Gasteiger partial charge in [0.25, 0.3) is 0 Å². The molecular weight excluding hydrogens is 194 g/mol. The minimum atomic E-state index is -1.28. The summed E-state index contributed by atoms with van der Waals surface area (Å²) in [5.74, 6) is 0.167. The third kappa shape index (κ3) is 4.62. The molecule has 1 aliphatic carbocycles. The molecule has 0 aromatic carbocycles. The Hall–Kier alpha value is -0.610. The average Bonchev–Trinajstić information content (AvgIpc) is 2.96. The number of carbonyl (C=O) groups excluding carboxylic acids is 1. The highest BCUT2D eigenvalue weighted by molar-refractivity contribution is 5.76. The van der Waals surface area contributed by atoms with Crippen molar-refractivity contribution < 1.29 is 15.0 Å². The van der Waals surface area contributed by atoms with E-state index in [0.29, 0.717) is 18.9 Å². The van der Waals surface area contributed by atoms with Gasteiger partial charge in [-0.25, -0.2) is 0 Å². The lowest BCUT2D eigenvalue weighted by atomic mass is 10.2. The highest BCUT2D eigenvalue weighted by atomic mass is 16.5. The number of hydrogen-bond acceptors (Lipinski definition) is 3. The zero-order chi connectivity index (χ0) is 11.3. The van der Waals surface area contributed by atoms with Crippen LogP contribution >= 0.6 is 0 Å². The molecule has 0 heterocycles. The van der Waals surface area contributed by atoms with Gasteiger partial charge < -0.3 is 15.1 Å². The Morgan fingerprint density at radius 2 is 2.13 bits per heavy atom. The topological polar surface area (TPSA) is 60.8 Å². The number of hydrogen-bond donors (Lipinski definition) is 2. The van der Waals surface area contributed by atoms with E-state index in [1.165, 1.54) is 0 Å². The summed E-state index contributed by atoms with van der Waals surface area (Å²) in [6.07, 6.45) is 3.26. The quantitative estimate of drug-likeness (QED) is 0.619. The largest absolute Gasteiger partial charge is 0.368 e. The zero-order valence-corrected chi connectivity index (χ0v) is 9.35. The molecule has 1 amide bonds. The fourth-order valence-corrected chi connectivity index (χ4v) is 1.72. The van der Waals surface area contributed by atoms with E-state index < -0.39 is 6.29 Å². The Labute approximate surface area is 90.9 Å². The fraction of sp³-hybridized carbons (Fsp3) is 0.909. The van der Waals surface area contributed by atoms with Crippen molar-refractivity contribution in [2.24, 2.45) is 0 Å². The van der Waals surface area contributed by atoms with E-state index in [0.717, 1.165) is 25.8 Å². The Kier molecular flexibility index (Phi) is 5.05. The van der Waals surface area contributed by atoms with Crippen LogP contribution in [0, 0.1) is 0 Å². The first-order valence-electron chi connectivity index (χ1n) is 5.80. The van der Waals surface area contributed by atoms with E-state index in [2.05, 4.69) is 6.92 Å². The molecule has 0 unspecified atom stereocenters. The summed E-state index contributed by atoms with van der Waals surface area (Å²) >= 11 is 0. The van der Waals surface area contributed by atoms with Crippen LogP contribution in [0.15, 0.2) is 0 Å². The maximum atomic E-state index is 11.8. The molecule has 0 aliphatic heterocycles. The van der Waals surface area contributed by atoms with Gasteiger partial charge in [0.15, 0.2) is 6.29 Å². The van der Waals surface area contributed by atoms with E-state index in [-0.39, 0.29) is 12.3 Å². The van der Waals surface area contributed by atoms with Gasteiger partial charge in [0.1, 0.15) is 0 Å². The van der Waals surface area contributed by atoms with Gasteiger partial charge in [-0.15, -0.1) is 0 Å². The van der Waals surface area contributed by atoms with Crippen molar-refractivity contribution in [3.05, 3.63) is 0 Å². The second kappa shape index (κ2) is 6.08. The van der Waals surface area contributed by atoms with E-state index in [1.807, 2.05) is 4.90 Å². The van der Waals surface area contributed by atoms with E-state index in [9.17, 15) is 4.79 Å². The molecule has 0 bridgehead atoms. The third-order valence-corrected chi connectivity index (χ3v) is 2.63. The summed E-state index contributed by atoms with van der Waals surface area (Å²) < 4.78 is 0. The zero-order valence-electron chi connectivity index (χ0n) is 9.35. The second-order valence-corrected chi connectivity index (χ2v) is 4.19. The van der Waals surface area contributed by atoms with Gasteiger partial charge >= 0.3 is 0 Å². The second-order valence-electron chi connectivity index (χ2n) is 4.19. The third-order valence-electron chi connectivity index (χ3n) is 2.63. The van der Waals surface area contributed by atoms with Crippen molar-refractivity contribution >= 4 is 5.91 Å². The van der Waals surface area contributed by atoms with Crippen molar-refractivity contribution in [3.63, 3.8) is 0 Å². The maximum absolute atomic E-state index is 11.8. The van der Waals surface area contributed by atoms with Gasteiger partial charge in [0.05, 0.1) is 0 Å². The number of nitrogens with zero attached hydrogens (tertiary/aromatic N) is 1. The summed E-state index contributed by atoms with van der Waals surface area (Å²) in [6.45, 7) is 2.91. The Morgan fingerprint density at radius 1 is 1.47 bits per heavy atom. The number of amides is 1. The van der Waals surface area contributed by atoms with Crippen molar-refractivity contribution in [1.82, 2.24) is 4.90 Å². The van der Waals surface area contributed by atoms with Gasteiger partial charge in [-0.1, -0.05) is 6.92 Å². The minimum Gasteiger partial charge on any atom is -0.368 e. The van der Waals surface area contributed by atoms with Crippen molar-refractivity contribution in [3.8, 4) is 0 Å². The highest BCUT2D eigenvalue weighted by Gasteiger charge is 2.31.